The van der Waals surface area contributed by atoms with E-state index in [4.69, 9.17) is 0 Å². The molecule has 0 unspecified atom stereocenters. The Labute approximate surface area is 153 Å². The number of benzene rings is 2. The number of nitrogens with zero attached hydrogens (tertiary/aromatic N) is 1. The van der Waals surface area contributed by atoms with Crippen molar-refractivity contribution in [2.75, 3.05) is 6.54 Å². The molecule has 0 radical (unpaired) electrons. The predicted octanol–water partition coefficient (Wildman–Crippen LogP) is 3.36. The van der Waals surface area contributed by atoms with Crippen LogP contribution in [0.15, 0.2) is 42.5 Å². The van der Waals surface area contributed by atoms with E-state index in [1.807, 2.05) is 26.0 Å². The van der Waals surface area contributed by atoms with Crippen LogP contribution in [-0.4, -0.2) is 29.3 Å². The molecule has 0 atom stereocenters. The molecule has 1 N–H and O–H groups in total. The highest BCUT2D eigenvalue weighted by Gasteiger charge is 2.32. The summed E-state index contributed by atoms with van der Waals surface area (Å²) in [6.07, 6.45) is 1.94. The lowest BCUT2D eigenvalue weighted by Gasteiger charge is -2.23. The number of amides is 2. The van der Waals surface area contributed by atoms with Crippen LogP contribution in [0.5, 0.6) is 0 Å². The lowest BCUT2D eigenvalue weighted by Crippen LogP contribution is -2.41. The van der Waals surface area contributed by atoms with Gasteiger partial charge in [0, 0.05) is 18.2 Å². The van der Waals surface area contributed by atoms with Crippen molar-refractivity contribution in [1.82, 2.24) is 10.2 Å². The van der Waals surface area contributed by atoms with Crippen LogP contribution in [0, 0.1) is 19.7 Å². The smallest absolute Gasteiger partial charge is 0.251 e. The van der Waals surface area contributed by atoms with Gasteiger partial charge in [0.1, 0.15) is 5.82 Å². The van der Waals surface area contributed by atoms with Gasteiger partial charge in [-0.2, -0.15) is 0 Å². The molecule has 1 fully saturated rings. The molecule has 0 aromatic heterocycles. The van der Waals surface area contributed by atoms with E-state index >= 15 is 0 Å². The van der Waals surface area contributed by atoms with Crippen LogP contribution in [0.2, 0.25) is 0 Å². The Hall–Kier alpha value is -2.69. The molecular formula is C21H23FN2O2. The first-order chi connectivity index (χ1) is 12.4. The minimum Gasteiger partial charge on any atom is -0.343 e. The zero-order valence-electron chi connectivity index (χ0n) is 15.1. The quantitative estimate of drug-likeness (QED) is 0.865. The van der Waals surface area contributed by atoms with Gasteiger partial charge in [0.25, 0.3) is 5.91 Å². The number of halogens is 1. The van der Waals surface area contributed by atoms with Crippen molar-refractivity contribution in [3.8, 4) is 0 Å². The summed E-state index contributed by atoms with van der Waals surface area (Å²) in [7, 11) is 0. The first kappa shape index (κ1) is 18.1. The molecule has 1 aliphatic carbocycles. The first-order valence-corrected chi connectivity index (χ1v) is 8.83. The van der Waals surface area contributed by atoms with Crippen molar-refractivity contribution in [3.63, 3.8) is 0 Å². The fourth-order valence-electron chi connectivity index (χ4n) is 2.84. The largest absolute Gasteiger partial charge is 0.343 e. The fraction of sp³-hybridized carbons (Fsp3) is 0.333. The van der Waals surface area contributed by atoms with Gasteiger partial charge in [0.15, 0.2) is 0 Å². The van der Waals surface area contributed by atoms with Gasteiger partial charge in [-0.15, -0.1) is 0 Å². The van der Waals surface area contributed by atoms with Crippen LogP contribution in [0.1, 0.15) is 39.9 Å². The van der Waals surface area contributed by atoms with E-state index < -0.39 is 0 Å². The summed E-state index contributed by atoms with van der Waals surface area (Å²) in [6.45, 7) is 4.34. The fourth-order valence-corrected chi connectivity index (χ4v) is 2.84. The highest BCUT2D eigenvalue weighted by molar-refractivity contribution is 5.96. The molecule has 3 rings (SSSR count). The van der Waals surface area contributed by atoms with E-state index in [-0.39, 0.29) is 30.2 Å². The normalized spacial score (nSPS) is 13.3. The molecule has 1 saturated carbocycles. The molecule has 2 aromatic rings. The molecule has 2 aromatic carbocycles. The Balaban J connectivity index is 1.60. The van der Waals surface area contributed by atoms with E-state index in [2.05, 4.69) is 5.32 Å². The zero-order valence-corrected chi connectivity index (χ0v) is 15.1. The van der Waals surface area contributed by atoms with Gasteiger partial charge in [-0.1, -0.05) is 18.2 Å². The van der Waals surface area contributed by atoms with Gasteiger partial charge < -0.3 is 10.2 Å². The molecular weight excluding hydrogens is 331 g/mol. The van der Waals surface area contributed by atoms with Crippen molar-refractivity contribution in [3.05, 3.63) is 70.5 Å². The monoisotopic (exact) mass is 354 g/mol. The van der Waals surface area contributed by atoms with Gasteiger partial charge in [-0.25, -0.2) is 4.39 Å². The first-order valence-electron chi connectivity index (χ1n) is 8.83. The number of carbonyl (C=O) groups excluding carboxylic acids is 2. The Kier molecular flexibility index (Phi) is 5.35. The second-order valence-electron chi connectivity index (χ2n) is 6.86. The van der Waals surface area contributed by atoms with Gasteiger partial charge in [-0.05, 0) is 67.6 Å². The second kappa shape index (κ2) is 7.68. The van der Waals surface area contributed by atoms with E-state index in [0.29, 0.717) is 12.1 Å². The van der Waals surface area contributed by atoms with E-state index in [9.17, 15) is 14.0 Å². The van der Waals surface area contributed by atoms with Crippen LogP contribution in [0.25, 0.3) is 0 Å². The van der Waals surface area contributed by atoms with Crippen LogP contribution >= 0.6 is 0 Å². The number of nitrogens with one attached hydrogen (secondary N) is 1. The third kappa shape index (κ3) is 4.48. The molecule has 0 spiro atoms. The molecule has 26 heavy (non-hydrogen) atoms. The van der Waals surface area contributed by atoms with Crippen molar-refractivity contribution in [2.45, 2.75) is 39.3 Å². The Morgan fingerprint density at radius 1 is 1.08 bits per heavy atom. The maximum absolute atomic E-state index is 13.0. The lowest BCUT2D eigenvalue weighted by atomic mass is 10.1. The maximum atomic E-state index is 13.0. The summed E-state index contributed by atoms with van der Waals surface area (Å²) in [6, 6.07) is 11.9. The van der Waals surface area contributed by atoms with E-state index in [1.165, 1.54) is 12.1 Å². The standard InChI is InChI=1S/C21H23FN2O2/c1-14-3-6-17(11-15(14)2)21(26)23-12-20(25)24(19-9-10-19)13-16-4-7-18(22)8-5-16/h3-8,11,19H,9-10,12-13H2,1-2H3,(H,23,26). The van der Waals surface area contributed by atoms with Crippen molar-refractivity contribution >= 4 is 11.8 Å². The molecule has 4 nitrogen and oxygen atoms in total. The second-order valence-corrected chi connectivity index (χ2v) is 6.86. The van der Waals surface area contributed by atoms with Crippen molar-refractivity contribution in [2.24, 2.45) is 0 Å². The highest BCUT2D eigenvalue weighted by atomic mass is 19.1. The lowest BCUT2D eigenvalue weighted by molar-refractivity contribution is -0.131. The summed E-state index contributed by atoms with van der Waals surface area (Å²) in [4.78, 5) is 26.7. The molecule has 5 heteroatoms. The third-order valence-corrected chi connectivity index (χ3v) is 4.74. The summed E-state index contributed by atoms with van der Waals surface area (Å²) >= 11 is 0. The summed E-state index contributed by atoms with van der Waals surface area (Å²) in [5, 5.41) is 2.71. The average Bonchev–Trinajstić information content (AvgIpc) is 3.46. The van der Waals surface area contributed by atoms with E-state index in [1.54, 1.807) is 23.1 Å². The van der Waals surface area contributed by atoms with Gasteiger partial charge in [0.05, 0.1) is 6.54 Å². The maximum Gasteiger partial charge on any atom is 0.251 e. The van der Waals surface area contributed by atoms with Gasteiger partial charge in [0.2, 0.25) is 5.91 Å². The average molecular weight is 354 g/mol. The molecule has 136 valence electrons. The molecule has 1 aliphatic rings. The summed E-state index contributed by atoms with van der Waals surface area (Å²) < 4.78 is 13.0. The Morgan fingerprint density at radius 2 is 1.77 bits per heavy atom. The predicted molar refractivity (Wildman–Crippen MR) is 98.2 cm³/mol. The molecule has 0 saturated heterocycles. The minimum atomic E-state index is -0.293. The Morgan fingerprint density at radius 3 is 2.38 bits per heavy atom. The zero-order chi connectivity index (χ0) is 18.7. The van der Waals surface area contributed by atoms with Gasteiger partial charge >= 0.3 is 0 Å². The molecule has 0 aliphatic heterocycles. The van der Waals surface area contributed by atoms with Crippen molar-refractivity contribution in [1.29, 1.82) is 0 Å². The molecule has 0 heterocycles. The van der Waals surface area contributed by atoms with E-state index in [0.717, 1.165) is 29.5 Å². The van der Waals surface area contributed by atoms with Crippen LogP contribution in [0.4, 0.5) is 4.39 Å². The Bertz CT molecular complexity index is 813. The van der Waals surface area contributed by atoms with Crippen molar-refractivity contribution < 1.29 is 14.0 Å². The van der Waals surface area contributed by atoms with Crippen LogP contribution < -0.4 is 5.32 Å². The minimum absolute atomic E-state index is 0.0382. The number of rotatable bonds is 6. The number of carbonyl (C=O) groups is 2. The van der Waals surface area contributed by atoms with Gasteiger partial charge in [-0.3, -0.25) is 9.59 Å². The summed E-state index contributed by atoms with van der Waals surface area (Å²) in [5.41, 5.74) is 3.60. The number of hydrogen-bond acceptors (Lipinski definition) is 2. The summed E-state index contributed by atoms with van der Waals surface area (Å²) in [5.74, 6) is -0.660. The topological polar surface area (TPSA) is 49.4 Å². The molecule has 0 bridgehead atoms. The number of aryl methyl sites for hydroxylation is 2. The van der Waals surface area contributed by atoms with Crippen LogP contribution in [0.3, 0.4) is 0 Å². The molecule has 2 amide bonds. The highest BCUT2D eigenvalue weighted by Crippen LogP contribution is 2.28. The van der Waals surface area contributed by atoms with Crippen LogP contribution in [-0.2, 0) is 11.3 Å². The SMILES string of the molecule is Cc1ccc(C(=O)NCC(=O)N(Cc2ccc(F)cc2)C2CC2)cc1C. The number of hydrogen-bond donors (Lipinski definition) is 1. The third-order valence-electron chi connectivity index (χ3n) is 4.74.